The monoisotopic (exact) mass is 714 g/mol. The molecule has 18 nitrogen and oxygen atoms in total. The zero-order valence-electron chi connectivity index (χ0n) is 27.4. The van der Waals surface area contributed by atoms with Gasteiger partial charge in [-0.25, -0.2) is 4.79 Å². The number of rotatable bonds is 11. The minimum Gasteiger partial charge on any atom is -0.507 e. The molecule has 0 saturated carbocycles. The number of Topliss-reactive ketones (excluding diaryl/α,β-unsaturated/α-hetero) is 1. The first-order valence-corrected chi connectivity index (χ1v) is 15.6. The minimum absolute atomic E-state index is 0.0322. The summed E-state index contributed by atoms with van der Waals surface area (Å²) in [5.74, 6) is -6.20. The van der Waals surface area contributed by atoms with Crippen molar-refractivity contribution in [2.75, 3.05) is 13.2 Å². The standard InChI is InChI=1S/C32H42O18/c1-5-10(2)19(36)18-20(37)11(3)28(12(4)29(18)50-31-26(43)24(41)22(39)16(8-33)47-31)49-32-27(44)25(42)23(40)17(48-32)9-46-30(45)13-6-14(34)21(38)15(35)7-13/h6-7,10,16-17,22-27,31-35,37-44H,5,8-9H2,1-4H3/t10-,16-,17-,22-,23-,24+,25+,26-,27-,31+,32+/m1/s1. The molecule has 18 heteroatoms. The van der Waals surface area contributed by atoms with Gasteiger partial charge in [0.1, 0.15) is 78.3 Å². The van der Waals surface area contributed by atoms with Crippen LogP contribution >= 0.6 is 0 Å². The van der Waals surface area contributed by atoms with Gasteiger partial charge < -0.3 is 79.9 Å². The number of aliphatic hydroxyl groups excluding tert-OH is 7. The van der Waals surface area contributed by atoms with E-state index >= 15 is 0 Å². The SMILES string of the molecule is CC[C@@H](C)C(=O)c1c(O)c(C)c(O[C@@H]2O[C@H](COC(=O)c3cc(O)c(O)c(O)c3)[C@@H](O)[C@H](O)[C@H]2O)c(C)c1O[C@@H]1O[C@H](CO)[C@@H](O)[C@H](O)[C@H]1O. The van der Waals surface area contributed by atoms with Crippen LogP contribution in [-0.4, -0.2) is 143 Å². The van der Waals surface area contributed by atoms with Crippen molar-refractivity contribution in [2.45, 2.75) is 95.5 Å². The van der Waals surface area contributed by atoms with Crippen LogP contribution in [0, 0.1) is 19.8 Å². The molecule has 2 aromatic rings. The molecule has 0 aliphatic carbocycles. The molecule has 0 unspecified atom stereocenters. The fraction of sp³-hybridized carbons (Fsp3) is 0.562. The Bertz CT molecular complexity index is 1540. The molecular formula is C32H42O18. The van der Waals surface area contributed by atoms with Crippen LogP contribution in [0.3, 0.4) is 0 Å². The molecule has 0 bridgehead atoms. The third-order valence-electron chi connectivity index (χ3n) is 8.82. The highest BCUT2D eigenvalue weighted by atomic mass is 16.7. The normalized spacial score (nSPS) is 30.4. The van der Waals surface area contributed by atoms with Gasteiger partial charge in [-0.2, -0.15) is 0 Å². The lowest BCUT2D eigenvalue weighted by Crippen LogP contribution is -2.60. The highest BCUT2D eigenvalue weighted by Gasteiger charge is 2.48. The Morgan fingerprint density at radius 1 is 0.740 bits per heavy atom. The van der Waals surface area contributed by atoms with Gasteiger partial charge >= 0.3 is 5.97 Å². The van der Waals surface area contributed by atoms with Gasteiger partial charge in [0.25, 0.3) is 0 Å². The number of benzene rings is 2. The Hall–Kier alpha value is -3.98. The highest BCUT2D eigenvalue weighted by Crippen LogP contribution is 2.45. The molecule has 2 aromatic carbocycles. The topological polar surface area (TPSA) is 303 Å². The van der Waals surface area contributed by atoms with Crippen molar-refractivity contribution in [3.63, 3.8) is 0 Å². The maximum atomic E-state index is 13.5. The molecule has 2 heterocycles. The molecule has 2 saturated heterocycles. The largest absolute Gasteiger partial charge is 0.507 e. The van der Waals surface area contributed by atoms with Gasteiger partial charge in [-0.15, -0.1) is 0 Å². The number of ether oxygens (including phenoxy) is 5. The summed E-state index contributed by atoms with van der Waals surface area (Å²) in [6, 6.07) is 1.61. The van der Waals surface area contributed by atoms with Crippen molar-refractivity contribution >= 4 is 11.8 Å². The lowest BCUT2D eigenvalue weighted by molar-refractivity contribution is -0.278. The van der Waals surface area contributed by atoms with Crippen molar-refractivity contribution in [3.05, 3.63) is 34.4 Å². The molecule has 2 fully saturated rings. The van der Waals surface area contributed by atoms with Crippen molar-refractivity contribution in [3.8, 4) is 34.5 Å². The Morgan fingerprint density at radius 2 is 1.24 bits per heavy atom. The second-order valence-corrected chi connectivity index (χ2v) is 12.2. The summed E-state index contributed by atoms with van der Waals surface area (Å²) < 4.78 is 27.9. The van der Waals surface area contributed by atoms with E-state index in [-0.39, 0.29) is 22.4 Å². The number of phenolic OH excluding ortho intramolecular Hbond substituents is 4. The number of ketones is 1. The third kappa shape index (κ3) is 7.39. The number of carbonyl (C=O) groups is 2. The number of esters is 1. The van der Waals surface area contributed by atoms with Gasteiger partial charge in [0.15, 0.2) is 23.0 Å². The Kier molecular flexibility index (Phi) is 12.0. The number of aromatic hydroxyl groups is 4. The summed E-state index contributed by atoms with van der Waals surface area (Å²) in [5, 5.41) is 113. The van der Waals surface area contributed by atoms with Crippen molar-refractivity contribution in [1.82, 2.24) is 0 Å². The van der Waals surface area contributed by atoms with E-state index in [1.54, 1.807) is 13.8 Å². The van der Waals surface area contributed by atoms with Crippen LogP contribution in [0.25, 0.3) is 0 Å². The fourth-order valence-corrected chi connectivity index (χ4v) is 5.47. The van der Waals surface area contributed by atoms with Gasteiger partial charge in [0.05, 0.1) is 12.2 Å². The van der Waals surface area contributed by atoms with Gasteiger partial charge in [-0.1, -0.05) is 13.8 Å². The molecule has 0 spiro atoms. The summed E-state index contributed by atoms with van der Waals surface area (Å²) in [4.78, 5) is 26.1. The molecule has 50 heavy (non-hydrogen) atoms. The zero-order chi connectivity index (χ0) is 37.4. The van der Waals surface area contributed by atoms with Crippen LogP contribution < -0.4 is 9.47 Å². The number of aliphatic hydroxyl groups is 7. The molecule has 0 aromatic heterocycles. The van der Waals surface area contributed by atoms with E-state index in [0.717, 1.165) is 12.1 Å². The summed E-state index contributed by atoms with van der Waals surface area (Å²) in [6.45, 7) is 4.50. The number of hydrogen-bond acceptors (Lipinski definition) is 18. The van der Waals surface area contributed by atoms with Gasteiger partial charge in [0, 0.05) is 17.0 Å². The summed E-state index contributed by atoms with van der Waals surface area (Å²) in [6.07, 6.45) is -17.4. The Morgan fingerprint density at radius 3 is 1.76 bits per heavy atom. The van der Waals surface area contributed by atoms with Gasteiger partial charge in [0.2, 0.25) is 12.6 Å². The highest BCUT2D eigenvalue weighted by molar-refractivity contribution is 6.04. The average molecular weight is 715 g/mol. The van der Waals surface area contributed by atoms with Crippen LogP contribution in [0.15, 0.2) is 12.1 Å². The summed E-state index contributed by atoms with van der Waals surface area (Å²) >= 11 is 0. The number of hydrogen-bond donors (Lipinski definition) is 11. The Balaban J connectivity index is 1.67. The molecule has 0 amide bonds. The smallest absolute Gasteiger partial charge is 0.338 e. The quantitative estimate of drug-likeness (QED) is 0.0723. The molecule has 11 N–H and O–H groups in total. The molecule has 2 aliphatic heterocycles. The number of carbonyl (C=O) groups excluding carboxylic acids is 2. The summed E-state index contributed by atoms with van der Waals surface area (Å²) in [5.41, 5.74) is -0.843. The second-order valence-electron chi connectivity index (χ2n) is 12.2. The summed E-state index contributed by atoms with van der Waals surface area (Å²) in [7, 11) is 0. The molecule has 11 atom stereocenters. The minimum atomic E-state index is -1.94. The van der Waals surface area contributed by atoms with E-state index in [1.807, 2.05) is 0 Å². The van der Waals surface area contributed by atoms with Crippen LogP contribution in [-0.2, 0) is 14.2 Å². The predicted molar refractivity (Wildman–Crippen MR) is 165 cm³/mol. The van der Waals surface area contributed by atoms with E-state index in [1.165, 1.54) is 13.8 Å². The lowest BCUT2D eigenvalue weighted by atomic mass is 9.91. The molecule has 278 valence electrons. The second kappa shape index (κ2) is 15.5. The maximum Gasteiger partial charge on any atom is 0.338 e. The maximum absolute atomic E-state index is 13.5. The van der Waals surface area contributed by atoms with E-state index in [2.05, 4.69) is 0 Å². The van der Waals surface area contributed by atoms with E-state index < -0.39 is 127 Å². The zero-order valence-corrected chi connectivity index (χ0v) is 27.4. The first kappa shape index (κ1) is 38.8. The lowest BCUT2D eigenvalue weighted by Gasteiger charge is -2.41. The van der Waals surface area contributed by atoms with Crippen LogP contribution in [0.4, 0.5) is 0 Å². The van der Waals surface area contributed by atoms with Crippen molar-refractivity contribution in [2.24, 2.45) is 5.92 Å². The first-order valence-electron chi connectivity index (χ1n) is 15.6. The number of phenols is 4. The van der Waals surface area contributed by atoms with E-state index in [4.69, 9.17) is 23.7 Å². The van der Waals surface area contributed by atoms with Gasteiger partial charge in [-0.05, 0) is 32.4 Å². The van der Waals surface area contributed by atoms with Crippen LogP contribution in [0.1, 0.15) is 52.1 Å². The van der Waals surface area contributed by atoms with Crippen molar-refractivity contribution in [1.29, 1.82) is 0 Å². The van der Waals surface area contributed by atoms with Gasteiger partial charge in [-0.3, -0.25) is 4.79 Å². The molecule has 2 aliphatic rings. The Labute approximate surface area is 284 Å². The van der Waals surface area contributed by atoms with Crippen LogP contribution in [0.2, 0.25) is 0 Å². The molecule has 0 radical (unpaired) electrons. The van der Waals surface area contributed by atoms with Crippen LogP contribution in [0.5, 0.6) is 34.5 Å². The predicted octanol–water partition coefficient (Wildman–Crippen LogP) is -1.42. The van der Waals surface area contributed by atoms with Crippen molar-refractivity contribution < 1.29 is 89.4 Å². The van der Waals surface area contributed by atoms with E-state index in [0.29, 0.717) is 6.42 Å². The fourth-order valence-electron chi connectivity index (χ4n) is 5.47. The van der Waals surface area contributed by atoms with E-state index in [9.17, 15) is 65.8 Å². The third-order valence-corrected chi connectivity index (χ3v) is 8.82. The molecule has 4 rings (SSSR count). The first-order chi connectivity index (χ1) is 23.4. The molecular weight excluding hydrogens is 672 g/mol. The average Bonchev–Trinajstić information content (AvgIpc) is 3.09.